The van der Waals surface area contributed by atoms with Crippen LogP contribution in [0.1, 0.15) is 28.6 Å². The summed E-state index contributed by atoms with van der Waals surface area (Å²) in [4.78, 5) is 37.3. The minimum atomic E-state index is -1.06. The maximum atomic E-state index is 12.6. The molecule has 8 heteroatoms. The van der Waals surface area contributed by atoms with Crippen molar-refractivity contribution in [2.75, 3.05) is 0 Å². The standard InChI is InChI=1S/C17H16ClN3O3S/c1-17(10-9-11-5-3-2-4-6-11)15(23)21(16(24)19-17)20-14(22)12-7-8-13(18)25-12/h2-8H,9-10H2,1H3,(H,19,24)(H,20,22). The maximum absolute atomic E-state index is 12.6. The van der Waals surface area contributed by atoms with E-state index in [4.69, 9.17) is 11.6 Å². The number of urea groups is 1. The van der Waals surface area contributed by atoms with Gasteiger partial charge in [-0.15, -0.1) is 11.3 Å². The highest BCUT2D eigenvalue weighted by Gasteiger charge is 2.48. The highest BCUT2D eigenvalue weighted by Crippen LogP contribution is 2.24. The molecule has 1 aromatic heterocycles. The molecule has 1 aromatic carbocycles. The van der Waals surface area contributed by atoms with Gasteiger partial charge in [0.25, 0.3) is 11.8 Å². The summed E-state index contributed by atoms with van der Waals surface area (Å²) in [6.45, 7) is 1.66. The highest BCUT2D eigenvalue weighted by atomic mass is 35.5. The third kappa shape index (κ3) is 3.67. The van der Waals surface area contributed by atoms with E-state index in [1.165, 1.54) is 6.07 Å². The predicted molar refractivity (Wildman–Crippen MR) is 95.3 cm³/mol. The summed E-state index contributed by atoms with van der Waals surface area (Å²) in [5.41, 5.74) is 2.35. The molecule has 2 aromatic rings. The summed E-state index contributed by atoms with van der Waals surface area (Å²) in [7, 11) is 0. The Labute approximate surface area is 153 Å². The Balaban J connectivity index is 1.67. The van der Waals surface area contributed by atoms with E-state index in [9.17, 15) is 14.4 Å². The minimum Gasteiger partial charge on any atom is -0.322 e. The molecule has 0 saturated carbocycles. The van der Waals surface area contributed by atoms with Crippen molar-refractivity contribution < 1.29 is 14.4 Å². The molecule has 1 saturated heterocycles. The lowest BCUT2D eigenvalue weighted by atomic mass is 9.93. The van der Waals surface area contributed by atoms with Gasteiger partial charge in [0.1, 0.15) is 5.54 Å². The van der Waals surface area contributed by atoms with Gasteiger partial charge >= 0.3 is 6.03 Å². The molecule has 1 aliphatic rings. The predicted octanol–water partition coefficient (Wildman–Crippen LogP) is 2.99. The average Bonchev–Trinajstić information content (AvgIpc) is 3.12. The number of carbonyl (C=O) groups excluding carboxylic acids is 3. The molecule has 3 rings (SSSR count). The van der Waals surface area contributed by atoms with Crippen LogP contribution in [-0.2, 0) is 11.2 Å². The van der Waals surface area contributed by atoms with E-state index in [1.54, 1.807) is 13.0 Å². The van der Waals surface area contributed by atoms with Crippen LogP contribution >= 0.6 is 22.9 Å². The van der Waals surface area contributed by atoms with Crippen LogP contribution in [0.15, 0.2) is 42.5 Å². The second kappa shape index (κ2) is 6.85. The molecule has 130 valence electrons. The van der Waals surface area contributed by atoms with Gasteiger partial charge in [-0.25, -0.2) is 4.79 Å². The van der Waals surface area contributed by atoms with E-state index >= 15 is 0 Å². The van der Waals surface area contributed by atoms with E-state index in [2.05, 4.69) is 10.7 Å². The quantitative estimate of drug-likeness (QED) is 0.786. The Morgan fingerprint density at radius 2 is 1.96 bits per heavy atom. The second-order valence-corrected chi connectivity index (χ2v) is 7.65. The van der Waals surface area contributed by atoms with Gasteiger partial charge < -0.3 is 5.32 Å². The Morgan fingerprint density at radius 1 is 1.24 bits per heavy atom. The van der Waals surface area contributed by atoms with Crippen molar-refractivity contribution in [1.82, 2.24) is 15.8 Å². The third-order valence-corrected chi connectivity index (χ3v) is 5.26. The second-order valence-electron chi connectivity index (χ2n) is 5.93. The monoisotopic (exact) mass is 377 g/mol. The minimum absolute atomic E-state index is 0.323. The van der Waals surface area contributed by atoms with Gasteiger partial charge in [0.05, 0.1) is 9.21 Å². The van der Waals surface area contributed by atoms with Gasteiger partial charge in [0.2, 0.25) is 0 Å². The third-order valence-electron chi connectivity index (χ3n) is 4.03. The first-order valence-electron chi connectivity index (χ1n) is 7.66. The summed E-state index contributed by atoms with van der Waals surface area (Å²) >= 11 is 6.87. The van der Waals surface area contributed by atoms with Gasteiger partial charge in [0, 0.05) is 0 Å². The Hall–Kier alpha value is -2.38. The van der Waals surface area contributed by atoms with E-state index in [0.717, 1.165) is 21.9 Å². The average molecular weight is 378 g/mol. The number of thiophene rings is 1. The lowest BCUT2D eigenvalue weighted by Gasteiger charge is -2.21. The first kappa shape index (κ1) is 17.4. The highest BCUT2D eigenvalue weighted by molar-refractivity contribution is 7.18. The first-order valence-corrected chi connectivity index (χ1v) is 8.85. The number of nitrogens with zero attached hydrogens (tertiary/aromatic N) is 1. The Morgan fingerprint density at radius 3 is 2.60 bits per heavy atom. The number of carbonyl (C=O) groups is 3. The molecule has 1 fully saturated rings. The van der Waals surface area contributed by atoms with Gasteiger partial charge in [0.15, 0.2) is 0 Å². The summed E-state index contributed by atoms with van der Waals surface area (Å²) < 4.78 is 0.454. The largest absolute Gasteiger partial charge is 0.344 e. The number of benzene rings is 1. The van der Waals surface area contributed by atoms with Gasteiger partial charge in [-0.05, 0) is 37.5 Å². The fraction of sp³-hybridized carbons (Fsp3) is 0.235. The van der Waals surface area contributed by atoms with Crippen molar-refractivity contribution in [1.29, 1.82) is 0 Å². The molecule has 4 amide bonds. The zero-order valence-corrected chi connectivity index (χ0v) is 15.0. The van der Waals surface area contributed by atoms with E-state index in [1.807, 2.05) is 30.3 Å². The normalized spacial score (nSPS) is 19.8. The van der Waals surface area contributed by atoms with Crippen molar-refractivity contribution in [3.8, 4) is 0 Å². The van der Waals surface area contributed by atoms with Crippen molar-refractivity contribution in [3.05, 3.63) is 57.2 Å². The number of amides is 4. The van der Waals surface area contributed by atoms with Crippen LogP contribution in [0.5, 0.6) is 0 Å². The van der Waals surface area contributed by atoms with Crippen LogP contribution in [0.3, 0.4) is 0 Å². The van der Waals surface area contributed by atoms with Gasteiger partial charge in [-0.2, -0.15) is 5.01 Å². The fourth-order valence-corrected chi connectivity index (χ4v) is 3.52. The number of halogens is 1. The SMILES string of the molecule is CC1(CCc2ccccc2)NC(=O)N(NC(=O)c2ccc(Cl)s2)C1=O. The molecule has 2 N–H and O–H groups in total. The Kier molecular flexibility index (Phi) is 4.78. The maximum Gasteiger partial charge on any atom is 0.344 e. The molecule has 25 heavy (non-hydrogen) atoms. The van der Waals surface area contributed by atoms with E-state index < -0.39 is 23.4 Å². The number of imide groups is 1. The first-order chi connectivity index (χ1) is 11.9. The van der Waals surface area contributed by atoms with Crippen molar-refractivity contribution in [2.45, 2.75) is 25.3 Å². The Bertz CT molecular complexity index is 824. The molecule has 1 aliphatic heterocycles. The van der Waals surface area contributed by atoms with E-state index in [-0.39, 0.29) is 0 Å². The number of hydrogen-bond acceptors (Lipinski definition) is 4. The zero-order valence-electron chi connectivity index (χ0n) is 13.4. The molecular formula is C17H16ClN3O3S. The summed E-state index contributed by atoms with van der Waals surface area (Å²) in [6.07, 6.45) is 1.06. The van der Waals surface area contributed by atoms with Crippen molar-refractivity contribution in [3.63, 3.8) is 0 Å². The molecule has 6 nitrogen and oxygen atoms in total. The van der Waals surface area contributed by atoms with Crippen LogP contribution in [-0.4, -0.2) is 28.4 Å². The molecule has 0 spiro atoms. The van der Waals surface area contributed by atoms with Crippen LogP contribution in [0.25, 0.3) is 0 Å². The molecule has 1 unspecified atom stereocenters. The van der Waals surface area contributed by atoms with Crippen LogP contribution < -0.4 is 10.7 Å². The topological polar surface area (TPSA) is 78.5 Å². The van der Waals surface area contributed by atoms with Crippen molar-refractivity contribution >= 4 is 40.8 Å². The molecular weight excluding hydrogens is 362 g/mol. The van der Waals surface area contributed by atoms with Crippen LogP contribution in [0.2, 0.25) is 4.34 Å². The van der Waals surface area contributed by atoms with Crippen LogP contribution in [0.4, 0.5) is 4.79 Å². The number of rotatable bonds is 5. The molecule has 1 atom stereocenters. The summed E-state index contributed by atoms with van der Waals surface area (Å²) in [6, 6.07) is 12.2. The van der Waals surface area contributed by atoms with Gasteiger partial charge in [-0.3, -0.25) is 15.0 Å². The lowest BCUT2D eigenvalue weighted by Crippen LogP contribution is -2.48. The van der Waals surface area contributed by atoms with Gasteiger partial charge in [-0.1, -0.05) is 41.9 Å². The molecule has 2 heterocycles. The molecule has 0 bridgehead atoms. The fourth-order valence-electron chi connectivity index (χ4n) is 2.59. The summed E-state index contributed by atoms with van der Waals surface area (Å²) in [5, 5.41) is 3.40. The van der Waals surface area contributed by atoms with E-state index in [0.29, 0.717) is 22.1 Å². The van der Waals surface area contributed by atoms with Crippen molar-refractivity contribution in [2.24, 2.45) is 0 Å². The number of hydrazine groups is 1. The summed E-state index contributed by atoms with van der Waals surface area (Å²) in [5.74, 6) is -1.03. The van der Waals surface area contributed by atoms with Crippen LogP contribution in [0, 0.1) is 0 Å². The molecule has 0 radical (unpaired) electrons. The zero-order chi connectivity index (χ0) is 18.0. The number of hydrogen-bond donors (Lipinski definition) is 2. The number of aryl methyl sites for hydroxylation is 1. The lowest BCUT2D eigenvalue weighted by molar-refractivity contribution is -0.132. The smallest absolute Gasteiger partial charge is 0.322 e. The molecule has 0 aliphatic carbocycles. The number of nitrogens with one attached hydrogen (secondary N) is 2.